The second kappa shape index (κ2) is 6.31. The van der Waals surface area contributed by atoms with Gasteiger partial charge in [0.05, 0.1) is 17.0 Å². The lowest BCUT2D eigenvalue weighted by molar-refractivity contribution is -0.115. The van der Waals surface area contributed by atoms with Crippen molar-refractivity contribution in [1.82, 2.24) is 0 Å². The summed E-state index contributed by atoms with van der Waals surface area (Å²) < 4.78 is 28.4. The fraction of sp³-hybridized carbons (Fsp3) is 0.0500. The van der Waals surface area contributed by atoms with Gasteiger partial charge in [-0.2, -0.15) is 0 Å². The largest absolute Gasteiger partial charge is 0.326 e. The van der Waals surface area contributed by atoms with Crippen molar-refractivity contribution in [3.63, 3.8) is 0 Å². The summed E-state index contributed by atoms with van der Waals surface area (Å²) in [6.07, 6.45) is 0.194. The number of anilines is 2. The first-order chi connectivity index (χ1) is 12.5. The van der Waals surface area contributed by atoms with Gasteiger partial charge in [-0.05, 0) is 35.4 Å². The smallest absolute Gasteiger partial charge is 0.261 e. The van der Waals surface area contributed by atoms with E-state index in [1.807, 2.05) is 42.5 Å². The lowest BCUT2D eigenvalue weighted by atomic mass is 10.0. The summed E-state index contributed by atoms with van der Waals surface area (Å²) in [6.45, 7) is 0. The van der Waals surface area contributed by atoms with Gasteiger partial charge in [-0.3, -0.25) is 9.52 Å². The average Bonchev–Trinajstić information content (AvgIpc) is 3.02. The normalized spacial score (nSPS) is 13.2. The fourth-order valence-electron chi connectivity index (χ4n) is 3.02. The van der Waals surface area contributed by atoms with Crippen LogP contribution in [-0.4, -0.2) is 14.3 Å². The summed E-state index contributed by atoms with van der Waals surface area (Å²) in [7, 11) is -3.77. The van der Waals surface area contributed by atoms with Gasteiger partial charge in [0, 0.05) is 11.3 Å². The number of nitrogens with one attached hydrogen (secondary N) is 2. The number of carbonyl (C=O) groups is 1. The molecule has 26 heavy (non-hydrogen) atoms. The van der Waals surface area contributed by atoms with Crippen molar-refractivity contribution in [2.24, 2.45) is 0 Å². The van der Waals surface area contributed by atoms with Crippen molar-refractivity contribution < 1.29 is 13.2 Å². The molecule has 1 heterocycles. The van der Waals surface area contributed by atoms with Crippen LogP contribution in [0.4, 0.5) is 11.4 Å². The number of benzene rings is 3. The molecule has 0 saturated carbocycles. The highest BCUT2D eigenvalue weighted by atomic mass is 32.2. The molecule has 0 aromatic heterocycles. The minimum atomic E-state index is -3.77. The minimum Gasteiger partial charge on any atom is -0.326 e. The Balaban J connectivity index is 1.70. The average molecular weight is 364 g/mol. The van der Waals surface area contributed by atoms with Gasteiger partial charge in [-0.15, -0.1) is 0 Å². The van der Waals surface area contributed by atoms with Crippen LogP contribution in [0.25, 0.3) is 11.1 Å². The highest BCUT2D eigenvalue weighted by Gasteiger charge is 2.22. The highest BCUT2D eigenvalue weighted by molar-refractivity contribution is 7.92. The van der Waals surface area contributed by atoms with Crippen LogP contribution in [0.1, 0.15) is 5.56 Å². The highest BCUT2D eigenvalue weighted by Crippen LogP contribution is 2.31. The summed E-state index contributed by atoms with van der Waals surface area (Å²) in [4.78, 5) is 11.6. The van der Waals surface area contributed by atoms with Crippen LogP contribution in [-0.2, 0) is 21.2 Å². The third-order valence-electron chi connectivity index (χ3n) is 4.27. The molecule has 0 aliphatic carbocycles. The Labute approximate surface area is 151 Å². The van der Waals surface area contributed by atoms with Crippen LogP contribution in [0.15, 0.2) is 77.7 Å². The number of carbonyl (C=O) groups excluding carboxylic acids is 1. The molecule has 0 saturated heterocycles. The molecule has 1 aliphatic heterocycles. The van der Waals surface area contributed by atoms with E-state index in [1.165, 1.54) is 6.07 Å². The van der Waals surface area contributed by atoms with E-state index in [4.69, 9.17) is 0 Å². The zero-order chi connectivity index (χ0) is 18.1. The zero-order valence-electron chi connectivity index (χ0n) is 13.8. The van der Waals surface area contributed by atoms with Crippen molar-refractivity contribution in [2.45, 2.75) is 11.3 Å². The molecule has 0 radical (unpaired) electrons. The number of hydrogen-bond donors (Lipinski definition) is 2. The maximum atomic E-state index is 12.9. The molecule has 3 aromatic rings. The molecule has 4 rings (SSSR count). The topological polar surface area (TPSA) is 75.3 Å². The number of para-hydroxylation sites is 1. The van der Waals surface area contributed by atoms with Crippen LogP contribution in [0.5, 0.6) is 0 Å². The van der Waals surface area contributed by atoms with E-state index in [1.54, 1.807) is 24.3 Å². The molecule has 0 unspecified atom stereocenters. The second-order valence-corrected chi connectivity index (χ2v) is 7.74. The number of hydrogen-bond acceptors (Lipinski definition) is 3. The van der Waals surface area contributed by atoms with E-state index in [-0.39, 0.29) is 17.2 Å². The molecule has 130 valence electrons. The van der Waals surface area contributed by atoms with Gasteiger partial charge in [-0.25, -0.2) is 8.42 Å². The van der Waals surface area contributed by atoms with Crippen LogP contribution >= 0.6 is 0 Å². The van der Waals surface area contributed by atoms with E-state index < -0.39 is 10.0 Å². The molecule has 0 fully saturated rings. The summed E-state index contributed by atoms with van der Waals surface area (Å²) in [6, 6.07) is 21.5. The lowest BCUT2D eigenvalue weighted by Gasteiger charge is -2.13. The van der Waals surface area contributed by atoms with Gasteiger partial charge in [0.1, 0.15) is 0 Å². The molecule has 6 heteroatoms. The predicted octanol–water partition coefficient (Wildman–Crippen LogP) is 3.65. The Morgan fingerprint density at radius 2 is 1.62 bits per heavy atom. The lowest BCUT2D eigenvalue weighted by Crippen LogP contribution is -2.13. The van der Waals surface area contributed by atoms with Gasteiger partial charge >= 0.3 is 0 Å². The first-order valence-corrected chi connectivity index (χ1v) is 9.61. The molecule has 0 spiro atoms. The van der Waals surface area contributed by atoms with Crippen LogP contribution < -0.4 is 10.0 Å². The standard InChI is InChI=1S/C20H16N2O3S/c23-20-13-15-12-16(10-11-18(15)21-20)26(24,25)22-19-9-5-4-8-17(19)14-6-2-1-3-7-14/h1-12,22H,13H2,(H,21,23). The van der Waals surface area contributed by atoms with Gasteiger partial charge in [0.15, 0.2) is 0 Å². The molecule has 1 aliphatic rings. The van der Waals surface area contributed by atoms with Crippen molar-refractivity contribution in [2.75, 3.05) is 10.0 Å². The first-order valence-electron chi connectivity index (χ1n) is 8.13. The summed E-state index contributed by atoms with van der Waals surface area (Å²) in [5, 5.41) is 2.70. The Morgan fingerprint density at radius 3 is 2.42 bits per heavy atom. The third-order valence-corrected chi connectivity index (χ3v) is 5.63. The Hall–Kier alpha value is -3.12. The van der Waals surface area contributed by atoms with Crippen LogP contribution in [0.3, 0.4) is 0 Å². The van der Waals surface area contributed by atoms with E-state index >= 15 is 0 Å². The van der Waals surface area contributed by atoms with Crippen molar-refractivity contribution >= 4 is 27.3 Å². The summed E-state index contributed by atoms with van der Waals surface area (Å²) >= 11 is 0. The van der Waals surface area contributed by atoms with E-state index in [0.717, 1.165) is 11.1 Å². The van der Waals surface area contributed by atoms with Gasteiger partial charge in [0.25, 0.3) is 10.0 Å². The van der Waals surface area contributed by atoms with Gasteiger partial charge in [-0.1, -0.05) is 48.5 Å². The first kappa shape index (κ1) is 16.4. The molecule has 3 aromatic carbocycles. The number of sulfonamides is 1. The maximum Gasteiger partial charge on any atom is 0.261 e. The molecule has 0 atom stereocenters. The Kier molecular flexibility index (Phi) is 3.97. The molecular formula is C20H16N2O3S. The van der Waals surface area contributed by atoms with E-state index in [2.05, 4.69) is 10.0 Å². The van der Waals surface area contributed by atoms with Crippen LogP contribution in [0, 0.1) is 0 Å². The third kappa shape index (κ3) is 3.07. The van der Waals surface area contributed by atoms with Crippen molar-refractivity contribution in [3.8, 4) is 11.1 Å². The quantitative estimate of drug-likeness (QED) is 0.742. The SMILES string of the molecule is O=C1Cc2cc(S(=O)(=O)Nc3ccccc3-c3ccccc3)ccc2N1. The Bertz CT molecular complexity index is 1090. The second-order valence-electron chi connectivity index (χ2n) is 6.06. The summed E-state index contributed by atoms with van der Waals surface area (Å²) in [5.74, 6) is -0.128. The van der Waals surface area contributed by atoms with Crippen molar-refractivity contribution in [1.29, 1.82) is 0 Å². The Morgan fingerprint density at radius 1 is 0.885 bits per heavy atom. The predicted molar refractivity (Wildman–Crippen MR) is 101 cm³/mol. The number of rotatable bonds is 4. The van der Waals surface area contributed by atoms with Crippen molar-refractivity contribution in [3.05, 3.63) is 78.4 Å². The summed E-state index contributed by atoms with van der Waals surface area (Å²) in [5.41, 5.74) is 3.59. The van der Waals surface area contributed by atoms with Crippen LogP contribution in [0.2, 0.25) is 0 Å². The zero-order valence-corrected chi connectivity index (χ0v) is 14.6. The number of fused-ring (bicyclic) bond motifs is 1. The van der Waals surface area contributed by atoms with Gasteiger partial charge < -0.3 is 5.32 Å². The van der Waals surface area contributed by atoms with Gasteiger partial charge in [0.2, 0.25) is 5.91 Å². The fourth-order valence-corrected chi connectivity index (χ4v) is 4.15. The molecule has 0 bridgehead atoms. The molecule has 5 nitrogen and oxygen atoms in total. The molecule has 2 N–H and O–H groups in total. The van der Waals surface area contributed by atoms with E-state index in [9.17, 15) is 13.2 Å². The minimum absolute atomic E-state index is 0.128. The molecular weight excluding hydrogens is 348 g/mol. The molecule has 1 amide bonds. The maximum absolute atomic E-state index is 12.9. The monoisotopic (exact) mass is 364 g/mol. The van der Waals surface area contributed by atoms with E-state index in [0.29, 0.717) is 16.9 Å². The number of amides is 1.